The summed E-state index contributed by atoms with van der Waals surface area (Å²) in [6, 6.07) is 4.88. The number of H-pyrrole nitrogens is 1. The summed E-state index contributed by atoms with van der Waals surface area (Å²) >= 11 is 0. The molecule has 0 bridgehead atoms. The summed E-state index contributed by atoms with van der Waals surface area (Å²) in [5.41, 5.74) is 1.24. The van der Waals surface area contributed by atoms with Crippen LogP contribution in [0.25, 0.3) is 0 Å². The third kappa shape index (κ3) is 1.70. The molecular weight excluding hydrogens is 176 g/mol. The molecule has 1 aliphatic rings. The molecule has 2 N–H and O–H groups in total. The smallest absolute Gasteiger partial charge is 0.0587 e. The fourth-order valence-electron chi connectivity index (χ4n) is 2.35. The zero-order valence-corrected chi connectivity index (χ0v) is 8.61. The molecule has 2 rings (SSSR count). The van der Waals surface area contributed by atoms with Crippen LogP contribution >= 0.6 is 0 Å². The molecule has 2 heterocycles. The van der Waals surface area contributed by atoms with Gasteiger partial charge in [-0.1, -0.05) is 0 Å². The molecule has 0 saturated carbocycles. The van der Waals surface area contributed by atoms with Crippen molar-refractivity contribution in [3.8, 4) is 0 Å². The maximum absolute atomic E-state index is 9.23. The molecule has 1 aliphatic heterocycles. The van der Waals surface area contributed by atoms with Crippen molar-refractivity contribution in [1.29, 1.82) is 0 Å². The Morgan fingerprint density at radius 2 is 2.57 bits per heavy atom. The van der Waals surface area contributed by atoms with E-state index >= 15 is 0 Å². The lowest BCUT2D eigenvalue weighted by Crippen LogP contribution is -2.34. The number of nitrogens with one attached hydrogen (secondary N) is 1. The van der Waals surface area contributed by atoms with Crippen molar-refractivity contribution in [3.63, 3.8) is 0 Å². The van der Waals surface area contributed by atoms with Crippen molar-refractivity contribution in [1.82, 2.24) is 9.88 Å². The van der Waals surface area contributed by atoms with Gasteiger partial charge in [0.25, 0.3) is 0 Å². The summed E-state index contributed by atoms with van der Waals surface area (Å²) in [5, 5.41) is 9.23. The van der Waals surface area contributed by atoms with Crippen molar-refractivity contribution in [2.75, 3.05) is 13.2 Å². The molecule has 0 unspecified atom stereocenters. The van der Waals surface area contributed by atoms with Gasteiger partial charge < -0.3 is 10.1 Å². The summed E-state index contributed by atoms with van der Waals surface area (Å²) in [4.78, 5) is 5.62. The number of aromatic amines is 1. The molecule has 0 amide bonds. The largest absolute Gasteiger partial charge is 0.395 e. The summed E-state index contributed by atoms with van der Waals surface area (Å²) in [6.07, 6.45) is 4.29. The second-order valence-electron chi connectivity index (χ2n) is 4.02. The quantitative estimate of drug-likeness (QED) is 0.766. The van der Waals surface area contributed by atoms with Crippen molar-refractivity contribution in [3.05, 3.63) is 24.0 Å². The molecule has 14 heavy (non-hydrogen) atoms. The van der Waals surface area contributed by atoms with Crippen LogP contribution < -0.4 is 0 Å². The number of rotatable bonds is 3. The molecular formula is C11H18N2O. The van der Waals surface area contributed by atoms with Crippen molar-refractivity contribution >= 4 is 0 Å². The van der Waals surface area contributed by atoms with Crippen LogP contribution in [0.2, 0.25) is 0 Å². The van der Waals surface area contributed by atoms with Crippen molar-refractivity contribution in [2.24, 2.45) is 0 Å². The fraction of sp³-hybridized carbons (Fsp3) is 0.636. The van der Waals surface area contributed by atoms with Crippen LogP contribution in [0, 0.1) is 0 Å². The second-order valence-corrected chi connectivity index (χ2v) is 4.02. The zero-order chi connectivity index (χ0) is 9.97. The second kappa shape index (κ2) is 4.15. The van der Waals surface area contributed by atoms with Crippen LogP contribution in [0.3, 0.4) is 0 Å². The Bertz CT molecular complexity index is 271. The van der Waals surface area contributed by atoms with Crippen LogP contribution in [0.5, 0.6) is 0 Å². The van der Waals surface area contributed by atoms with Gasteiger partial charge in [0.05, 0.1) is 6.61 Å². The van der Waals surface area contributed by atoms with E-state index in [-0.39, 0.29) is 6.61 Å². The first-order chi connectivity index (χ1) is 6.83. The van der Waals surface area contributed by atoms with Gasteiger partial charge >= 0.3 is 0 Å². The minimum Gasteiger partial charge on any atom is -0.395 e. The Kier molecular flexibility index (Phi) is 2.89. The Hall–Kier alpha value is -0.800. The Balaban J connectivity index is 2.07. The first kappa shape index (κ1) is 9.74. The highest BCUT2D eigenvalue weighted by Gasteiger charge is 2.28. The maximum atomic E-state index is 9.23. The molecule has 0 radical (unpaired) electrons. The van der Waals surface area contributed by atoms with E-state index in [4.69, 9.17) is 0 Å². The van der Waals surface area contributed by atoms with Gasteiger partial charge in [0.1, 0.15) is 0 Å². The number of nitrogens with zero attached hydrogens (tertiary/aromatic N) is 1. The van der Waals surface area contributed by atoms with Gasteiger partial charge in [0.15, 0.2) is 0 Å². The first-order valence-corrected chi connectivity index (χ1v) is 5.33. The summed E-state index contributed by atoms with van der Waals surface area (Å²) in [7, 11) is 0. The zero-order valence-electron chi connectivity index (χ0n) is 8.61. The van der Waals surface area contributed by atoms with E-state index in [1.165, 1.54) is 12.1 Å². The highest BCUT2D eigenvalue weighted by molar-refractivity contribution is 5.09. The van der Waals surface area contributed by atoms with Crippen molar-refractivity contribution in [2.45, 2.75) is 31.8 Å². The summed E-state index contributed by atoms with van der Waals surface area (Å²) in [6.45, 7) is 3.58. The van der Waals surface area contributed by atoms with Crippen LogP contribution in [-0.4, -0.2) is 34.2 Å². The standard InChI is InChI=1S/C11H18N2O/c1-9(11-5-2-6-12-11)13-7-3-4-10(13)8-14/h2,5-6,9-10,12,14H,3-4,7-8H2,1H3/t9-,10-/m1/s1. The van der Waals surface area contributed by atoms with E-state index in [0.717, 1.165) is 13.0 Å². The molecule has 0 spiro atoms. The van der Waals surface area contributed by atoms with E-state index in [0.29, 0.717) is 12.1 Å². The van der Waals surface area contributed by atoms with Crippen LogP contribution in [0.1, 0.15) is 31.5 Å². The van der Waals surface area contributed by atoms with Gasteiger partial charge in [0.2, 0.25) is 0 Å². The van der Waals surface area contributed by atoms with E-state index in [1.54, 1.807) is 0 Å². The fourth-order valence-corrected chi connectivity index (χ4v) is 2.35. The summed E-state index contributed by atoms with van der Waals surface area (Å²) < 4.78 is 0. The van der Waals surface area contributed by atoms with E-state index in [1.807, 2.05) is 12.3 Å². The monoisotopic (exact) mass is 194 g/mol. The molecule has 0 aromatic carbocycles. The van der Waals surface area contributed by atoms with Gasteiger partial charge in [-0.2, -0.15) is 0 Å². The molecule has 1 aromatic heterocycles. The highest BCUT2D eigenvalue weighted by atomic mass is 16.3. The van der Waals surface area contributed by atoms with Gasteiger partial charge in [-0.15, -0.1) is 0 Å². The molecule has 3 heteroatoms. The molecule has 1 fully saturated rings. The van der Waals surface area contributed by atoms with Gasteiger partial charge in [-0.25, -0.2) is 0 Å². The Morgan fingerprint density at radius 1 is 1.71 bits per heavy atom. The average molecular weight is 194 g/mol. The topological polar surface area (TPSA) is 39.3 Å². The Labute approximate surface area is 84.7 Å². The number of aliphatic hydroxyl groups excluding tert-OH is 1. The molecule has 0 aliphatic carbocycles. The predicted molar refractivity (Wildman–Crippen MR) is 56.0 cm³/mol. The first-order valence-electron chi connectivity index (χ1n) is 5.33. The molecule has 1 aromatic rings. The maximum Gasteiger partial charge on any atom is 0.0587 e. The van der Waals surface area contributed by atoms with E-state index in [2.05, 4.69) is 22.9 Å². The van der Waals surface area contributed by atoms with Gasteiger partial charge in [0, 0.05) is 24.0 Å². The number of hydrogen-bond donors (Lipinski definition) is 2. The number of aromatic nitrogens is 1. The molecule has 1 saturated heterocycles. The number of aliphatic hydroxyl groups is 1. The number of likely N-dealkylation sites (tertiary alicyclic amines) is 1. The minimum atomic E-state index is 0.283. The lowest BCUT2D eigenvalue weighted by atomic mass is 10.1. The molecule has 3 nitrogen and oxygen atoms in total. The minimum absolute atomic E-state index is 0.283. The molecule has 2 atom stereocenters. The molecule has 78 valence electrons. The predicted octanol–water partition coefficient (Wildman–Crippen LogP) is 1.53. The third-order valence-corrected chi connectivity index (χ3v) is 3.20. The van der Waals surface area contributed by atoms with Crippen LogP contribution in [0.4, 0.5) is 0 Å². The average Bonchev–Trinajstić information content (AvgIpc) is 2.87. The third-order valence-electron chi connectivity index (χ3n) is 3.20. The lowest BCUT2D eigenvalue weighted by Gasteiger charge is -2.28. The normalized spacial score (nSPS) is 25.4. The lowest BCUT2D eigenvalue weighted by molar-refractivity contribution is 0.124. The van der Waals surface area contributed by atoms with E-state index in [9.17, 15) is 5.11 Å². The van der Waals surface area contributed by atoms with Crippen LogP contribution in [-0.2, 0) is 0 Å². The SMILES string of the molecule is C[C@H](c1ccc[nH]1)N1CCC[C@@H]1CO. The Morgan fingerprint density at radius 3 is 3.21 bits per heavy atom. The summed E-state index contributed by atoms with van der Waals surface area (Å²) in [5.74, 6) is 0. The highest BCUT2D eigenvalue weighted by Crippen LogP contribution is 2.27. The van der Waals surface area contributed by atoms with E-state index < -0.39 is 0 Å². The van der Waals surface area contributed by atoms with Gasteiger partial charge in [-0.3, -0.25) is 4.90 Å². The number of hydrogen-bond acceptors (Lipinski definition) is 2. The van der Waals surface area contributed by atoms with Crippen LogP contribution in [0.15, 0.2) is 18.3 Å². The van der Waals surface area contributed by atoms with Crippen molar-refractivity contribution < 1.29 is 5.11 Å². The van der Waals surface area contributed by atoms with Gasteiger partial charge in [-0.05, 0) is 38.4 Å².